The molecule has 1 aromatic carbocycles. The number of piperidine rings is 1. The van der Waals surface area contributed by atoms with E-state index in [0.717, 1.165) is 31.7 Å². The molecule has 2 fully saturated rings. The lowest BCUT2D eigenvalue weighted by Crippen LogP contribution is -2.45. The maximum absolute atomic E-state index is 10.4. The molecule has 0 bridgehead atoms. The van der Waals surface area contributed by atoms with Crippen LogP contribution in [0, 0.1) is 0 Å². The molecule has 2 aliphatic heterocycles. The van der Waals surface area contributed by atoms with E-state index in [4.69, 9.17) is 23.2 Å². The second-order valence-electron chi connectivity index (χ2n) is 6.14. The summed E-state index contributed by atoms with van der Waals surface area (Å²) >= 11 is 12.3. The number of nitrogens with zero attached hydrogens (tertiary/aromatic N) is 2. The van der Waals surface area contributed by atoms with Crippen LogP contribution in [0.25, 0.3) is 0 Å². The molecule has 0 saturated carbocycles. The first-order valence-corrected chi connectivity index (χ1v) is 8.48. The second-order valence-corrected chi connectivity index (χ2v) is 6.92. The van der Waals surface area contributed by atoms with E-state index < -0.39 is 0 Å². The Morgan fingerprint density at radius 2 is 1.86 bits per heavy atom. The van der Waals surface area contributed by atoms with Crippen molar-refractivity contribution in [2.45, 2.75) is 38.0 Å². The quantitative estimate of drug-likeness (QED) is 0.923. The molecule has 0 unspecified atom stereocenters. The predicted molar refractivity (Wildman–Crippen MR) is 87.0 cm³/mol. The van der Waals surface area contributed by atoms with E-state index in [1.807, 2.05) is 18.2 Å². The van der Waals surface area contributed by atoms with Crippen LogP contribution in [-0.4, -0.2) is 53.2 Å². The molecule has 0 aromatic heterocycles. The van der Waals surface area contributed by atoms with E-state index in [1.54, 1.807) is 0 Å². The van der Waals surface area contributed by atoms with Crippen LogP contribution in [0.4, 0.5) is 0 Å². The molecule has 3 rings (SSSR count). The average Bonchev–Trinajstić information content (AvgIpc) is 2.86. The molecule has 0 aliphatic carbocycles. The first-order chi connectivity index (χ1) is 10.1. The maximum atomic E-state index is 10.4. The largest absolute Gasteiger partial charge is 0.390 e. The van der Waals surface area contributed by atoms with E-state index in [2.05, 4.69) is 9.80 Å². The van der Waals surface area contributed by atoms with Crippen LogP contribution in [0.3, 0.4) is 0 Å². The third kappa shape index (κ3) is 3.54. The van der Waals surface area contributed by atoms with Gasteiger partial charge in [-0.3, -0.25) is 9.80 Å². The molecule has 5 heteroatoms. The highest BCUT2D eigenvalue weighted by molar-refractivity contribution is 6.42. The number of halogens is 2. The lowest BCUT2D eigenvalue weighted by Gasteiger charge is -2.33. The summed E-state index contributed by atoms with van der Waals surface area (Å²) in [5.74, 6) is 0. The lowest BCUT2D eigenvalue weighted by atomic mass is 10.1. The van der Waals surface area contributed by atoms with Crippen LogP contribution < -0.4 is 0 Å². The van der Waals surface area contributed by atoms with Crippen molar-refractivity contribution in [2.24, 2.45) is 0 Å². The number of hydrogen-bond donors (Lipinski definition) is 1. The number of aliphatic hydroxyl groups is 1. The summed E-state index contributed by atoms with van der Waals surface area (Å²) < 4.78 is 0. The number of hydrogen-bond acceptors (Lipinski definition) is 3. The number of likely N-dealkylation sites (tertiary alicyclic amines) is 2. The zero-order chi connectivity index (χ0) is 14.8. The van der Waals surface area contributed by atoms with Gasteiger partial charge in [0.25, 0.3) is 0 Å². The molecule has 116 valence electrons. The van der Waals surface area contributed by atoms with Gasteiger partial charge in [0.1, 0.15) is 0 Å². The third-order valence-electron chi connectivity index (χ3n) is 4.62. The van der Waals surface area contributed by atoms with Crippen molar-refractivity contribution in [3.63, 3.8) is 0 Å². The molecule has 1 N–H and O–H groups in total. The average molecular weight is 329 g/mol. The summed E-state index contributed by atoms with van der Waals surface area (Å²) in [4.78, 5) is 4.73. The van der Waals surface area contributed by atoms with E-state index >= 15 is 0 Å². The molecule has 2 heterocycles. The molecule has 1 aromatic rings. The highest BCUT2D eigenvalue weighted by Crippen LogP contribution is 2.28. The van der Waals surface area contributed by atoms with Crippen LogP contribution in [-0.2, 0) is 6.54 Å². The molecule has 0 amide bonds. The Hall–Kier alpha value is -0.320. The van der Waals surface area contributed by atoms with Gasteiger partial charge in [-0.2, -0.15) is 0 Å². The molecule has 0 radical (unpaired) electrons. The van der Waals surface area contributed by atoms with Gasteiger partial charge in [0, 0.05) is 25.7 Å². The van der Waals surface area contributed by atoms with Gasteiger partial charge >= 0.3 is 0 Å². The minimum Gasteiger partial charge on any atom is -0.390 e. The number of β-amino-alcohol motifs (C(OH)–C–C–N with tert-alkyl or cyclic N) is 1. The van der Waals surface area contributed by atoms with Crippen LogP contribution in [0.5, 0.6) is 0 Å². The summed E-state index contributed by atoms with van der Waals surface area (Å²) in [5, 5.41) is 11.6. The van der Waals surface area contributed by atoms with E-state index in [0.29, 0.717) is 16.6 Å². The van der Waals surface area contributed by atoms with Gasteiger partial charge in [0.05, 0.1) is 16.1 Å². The summed E-state index contributed by atoms with van der Waals surface area (Å²) in [7, 11) is 0. The second kappa shape index (κ2) is 6.84. The highest BCUT2D eigenvalue weighted by Gasteiger charge is 2.35. The fourth-order valence-corrected chi connectivity index (χ4v) is 3.88. The standard InChI is InChI=1S/C16H22Cl2N2O/c17-13-6-4-5-12(16(13)18)9-19-10-14(15(21)11-19)20-7-2-1-3-8-20/h4-6,14-15,21H,1-3,7-11H2/t14-,15-/m0/s1. The van der Waals surface area contributed by atoms with Crippen molar-refractivity contribution in [1.82, 2.24) is 9.80 Å². The van der Waals surface area contributed by atoms with E-state index in [9.17, 15) is 5.11 Å². The fraction of sp³-hybridized carbons (Fsp3) is 0.625. The van der Waals surface area contributed by atoms with Crippen LogP contribution in [0.15, 0.2) is 18.2 Å². The van der Waals surface area contributed by atoms with Crippen LogP contribution in [0.2, 0.25) is 10.0 Å². The number of aliphatic hydroxyl groups excluding tert-OH is 1. The van der Waals surface area contributed by atoms with Crippen molar-refractivity contribution in [1.29, 1.82) is 0 Å². The normalized spacial score (nSPS) is 28.1. The summed E-state index contributed by atoms with van der Waals surface area (Å²) in [6.45, 7) is 4.61. The molecular weight excluding hydrogens is 307 g/mol. The van der Waals surface area contributed by atoms with Gasteiger partial charge in [0.2, 0.25) is 0 Å². The van der Waals surface area contributed by atoms with Gasteiger partial charge < -0.3 is 5.11 Å². The Labute approximate surface area is 136 Å². The minimum absolute atomic E-state index is 0.263. The molecular formula is C16H22Cl2N2O. The highest BCUT2D eigenvalue weighted by atomic mass is 35.5. The van der Waals surface area contributed by atoms with Crippen LogP contribution >= 0.6 is 23.2 Å². The third-order valence-corrected chi connectivity index (χ3v) is 5.48. The number of rotatable bonds is 3. The van der Waals surface area contributed by atoms with Crippen molar-refractivity contribution >= 4 is 23.2 Å². The summed E-state index contributed by atoms with van der Waals surface area (Å²) in [5.41, 5.74) is 1.04. The Morgan fingerprint density at radius 3 is 2.62 bits per heavy atom. The molecule has 2 aliphatic rings. The molecule has 2 saturated heterocycles. The van der Waals surface area contributed by atoms with Crippen LogP contribution in [0.1, 0.15) is 24.8 Å². The maximum Gasteiger partial charge on any atom is 0.0834 e. The molecule has 21 heavy (non-hydrogen) atoms. The van der Waals surface area contributed by atoms with Gasteiger partial charge in [-0.15, -0.1) is 0 Å². The van der Waals surface area contributed by atoms with Crippen molar-refractivity contribution in [2.75, 3.05) is 26.2 Å². The number of benzene rings is 1. The lowest BCUT2D eigenvalue weighted by molar-refractivity contribution is 0.0706. The Morgan fingerprint density at radius 1 is 1.10 bits per heavy atom. The van der Waals surface area contributed by atoms with Gasteiger partial charge in [-0.05, 0) is 37.6 Å². The fourth-order valence-electron chi connectivity index (χ4n) is 3.50. The van der Waals surface area contributed by atoms with Gasteiger partial charge in [-0.25, -0.2) is 0 Å². The molecule has 3 nitrogen and oxygen atoms in total. The van der Waals surface area contributed by atoms with E-state index in [1.165, 1.54) is 19.3 Å². The summed E-state index contributed by atoms with van der Waals surface area (Å²) in [6.07, 6.45) is 3.56. The van der Waals surface area contributed by atoms with E-state index in [-0.39, 0.29) is 12.1 Å². The zero-order valence-corrected chi connectivity index (χ0v) is 13.7. The Balaban J connectivity index is 1.64. The van der Waals surface area contributed by atoms with Gasteiger partial charge in [0.15, 0.2) is 0 Å². The Bertz CT molecular complexity index is 491. The van der Waals surface area contributed by atoms with Crippen molar-refractivity contribution in [3.8, 4) is 0 Å². The topological polar surface area (TPSA) is 26.7 Å². The first kappa shape index (κ1) is 15.6. The zero-order valence-electron chi connectivity index (χ0n) is 12.1. The SMILES string of the molecule is O[C@H]1CN(Cc2cccc(Cl)c2Cl)C[C@@H]1N1CCCCC1. The summed E-state index contributed by atoms with van der Waals surface area (Å²) in [6, 6.07) is 6.01. The molecule has 2 atom stereocenters. The molecule has 0 spiro atoms. The van der Waals surface area contributed by atoms with Gasteiger partial charge in [-0.1, -0.05) is 41.8 Å². The monoisotopic (exact) mass is 328 g/mol. The Kier molecular flexibility index (Phi) is 5.07. The van der Waals surface area contributed by atoms with Crippen molar-refractivity contribution < 1.29 is 5.11 Å². The predicted octanol–water partition coefficient (Wildman–Crippen LogP) is 3.02. The first-order valence-electron chi connectivity index (χ1n) is 7.72. The smallest absolute Gasteiger partial charge is 0.0834 e. The minimum atomic E-state index is -0.263. The van der Waals surface area contributed by atoms with Crippen molar-refractivity contribution in [3.05, 3.63) is 33.8 Å².